The van der Waals surface area contributed by atoms with Crippen LogP contribution in [-0.4, -0.2) is 15.0 Å². The van der Waals surface area contributed by atoms with Crippen molar-refractivity contribution >= 4 is 11.6 Å². The van der Waals surface area contributed by atoms with Gasteiger partial charge in [-0.15, -0.1) is 0 Å². The number of ether oxygens (including phenoxy) is 1. The highest BCUT2D eigenvalue weighted by atomic mass is 35.5. The number of rotatable bonds is 2. The number of pyridine rings is 1. The summed E-state index contributed by atoms with van der Waals surface area (Å²) in [4.78, 5) is 11.7. The summed E-state index contributed by atoms with van der Waals surface area (Å²) in [5.41, 5.74) is 0.822. The van der Waals surface area contributed by atoms with E-state index in [-0.39, 0.29) is 5.28 Å². The van der Waals surface area contributed by atoms with E-state index in [4.69, 9.17) is 16.3 Å². The van der Waals surface area contributed by atoms with Crippen molar-refractivity contribution in [3.05, 3.63) is 41.6 Å². The van der Waals surface area contributed by atoms with Crippen molar-refractivity contribution in [1.82, 2.24) is 15.0 Å². The van der Waals surface area contributed by atoms with Crippen molar-refractivity contribution in [2.24, 2.45) is 0 Å². The summed E-state index contributed by atoms with van der Waals surface area (Å²) < 4.78 is 5.49. The van der Waals surface area contributed by atoms with Crippen molar-refractivity contribution in [1.29, 1.82) is 0 Å². The maximum absolute atomic E-state index is 5.67. The Labute approximate surface area is 91.9 Å². The smallest absolute Gasteiger partial charge is 0.226 e. The first-order chi connectivity index (χ1) is 7.25. The highest BCUT2D eigenvalue weighted by Gasteiger charge is 2.04. The van der Waals surface area contributed by atoms with Gasteiger partial charge in [0, 0.05) is 18.0 Å². The third kappa shape index (κ3) is 2.41. The molecular weight excluding hydrogens is 214 g/mol. The first-order valence-electron chi connectivity index (χ1n) is 4.33. The van der Waals surface area contributed by atoms with Gasteiger partial charge in [0.05, 0.1) is 6.20 Å². The molecule has 2 heterocycles. The minimum Gasteiger partial charge on any atom is -0.437 e. The lowest BCUT2D eigenvalue weighted by Gasteiger charge is -2.05. The maximum atomic E-state index is 5.67. The van der Waals surface area contributed by atoms with Crippen LogP contribution in [0.15, 0.2) is 30.7 Å². The molecule has 0 N–H and O–H groups in total. The van der Waals surface area contributed by atoms with Crippen LogP contribution in [0.2, 0.25) is 5.28 Å². The Morgan fingerprint density at radius 3 is 2.93 bits per heavy atom. The van der Waals surface area contributed by atoms with Gasteiger partial charge in [-0.05, 0) is 30.7 Å². The normalized spacial score (nSPS) is 10.0. The number of hydrogen-bond acceptors (Lipinski definition) is 4. The van der Waals surface area contributed by atoms with Crippen molar-refractivity contribution in [3.63, 3.8) is 0 Å². The van der Waals surface area contributed by atoms with Crippen LogP contribution in [-0.2, 0) is 0 Å². The molecule has 0 spiro atoms. The summed E-state index contributed by atoms with van der Waals surface area (Å²) in [6.45, 7) is 1.85. The monoisotopic (exact) mass is 221 g/mol. The lowest BCUT2D eigenvalue weighted by atomic mass is 10.4. The van der Waals surface area contributed by atoms with Gasteiger partial charge in [-0.25, -0.2) is 4.98 Å². The Balaban J connectivity index is 2.28. The Bertz CT molecular complexity index is 461. The highest BCUT2D eigenvalue weighted by Crippen LogP contribution is 2.22. The summed E-state index contributed by atoms with van der Waals surface area (Å²) >= 11 is 5.67. The third-order valence-corrected chi connectivity index (χ3v) is 1.93. The fourth-order valence-electron chi connectivity index (χ4n) is 1.03. The van der Waals surface area contributed by atoms with Crippen LogP contribution in [0, 0.1) is 6.92 Å². The van der Waals surface area contributed by atoms with E-state index in [1.54, 1.807) is 30.7 Å². The Hall–Kier alpha value is -1.68. The number of nitrogens with zero attached hydrogens (tertiary/aromatic N) is 3. The van der Waals surface area contributed by atoms with Gasteiger partial charge in [0.15, 0.2) is 0 Å². The summed E-state index contributed by atoms with van der Waals surface area (Å²) in [5, 5.41) is 0.166. The maximum Gasteiger partial charge on any atom is 0.226 e. The van der Waals surface area contributed by atoms with Gasteiger partial charge in [0.2, 0.25) is 11.2 Å². The first-order valence-corrected chi connectivity index (χ1v) is 4.70. The van der Waals surface area contributed by atoms with Crippen molar-refractivity contribution in [2.75, 3.05) is 0 Å². The molecule has 76 valence electrons. The lowest BCUT2D eigenvalue weighted by Crippen LogP contribution is -1.93. The average Bonchev–Trinajstić information content (AvgIpc) is 2.25. The second-order valence-electron chi connectivity index (χ2n) is 2.92. The molecule has 2 aromatic heterocycles. The first kappa shape index (κ1) is 9.86. The van der Waals surface area contributed by atoms with Gasteiger partial charge in [-0.2, -0.15) is 4.98 Å². The summed E-state index contributed by atoms with van der Waals surface area (Å²) in [6.07, 6.45) is 4.89. The molecule has 0 saturated heterocycles. The molecule has 0 aromatic carbocycles. The minimum absolute atomic E-state index is 0.166. The molecule has 0 atom stereocenters. The lowest BCUT2D eigenvalue weighted by molar-refractivity contribution is 0.455. The molecule has 0 unspecified atom stereocenters. The van der Waals surface area contributed by atoms with Gasteiger partial charge >= 0.3 is 0 Å². The van der Waals surface area contributed by atoms with Crippen LogP contribution < -0.4 is 4.74 Å². The van der Waals surface area contributed by atoms with Crippen LogP contribution in [0.4, 0.5) is 0 Å². The Morgan fingerprint density at radius 1 is 1.33 bits per heavy atom. The fraction of sp³-hybridized carbons (Fsp3) is 0.100. The van der Waals surface area contributed by atoms with Crippen LogP contribution in [0.5, 0.6) is 11.6 Å². The molecule has 0 bridgehead atoms. The van der Waals surface area contributed by atoms with Crippen LogP contribution in [0.1, 0.15) is 5.56 Å². The summed E-state index contributed by atoms with van der Waals surface area (Å²) in [6, 6.07) is 3.58. The van der Waals surface area contributed by atoms with E-state index < -0.39 is 0 Å². The molecule has 0 aliphatic heterocycles. The number of halogens is 1. The number of aryl methyl sites for hydroxylation is 1. The van der Waals surface area contributed by atoms with Gasteiger partial charge in [0.1, 0.15) is 5.75 Å². The standard InChI is InChI=1S/C10H8ClN3O/c1-7-5-13-10(11)14-9(7)15-8-3-2-4-12-6-8/h2-6H,1H3. The molecule has 0 fully saturated rings. The van der Waals surface area contributed by atoms with Crippen molar-refractivity contribution < 1.29 is 4.74 Å². The molecule has 5 heteroatoms. The van der Waals surface area contributed by atoms with E-state index in [0.29, 0.717) is 11.6 Å². The largest absolute Gasteiger partial charge is 0.437 e. The molecule has 2 rings (SSSR count). The molecule has 15 heavy (non-hydrogen) atoms. The Kier molecular flexibility index (Phi) is 2.78. The molecule has 2 aromatic rings. The van der Waals surface area contributed by atoms with Gasteiger partial charge < -0.3 is 4.74 Å². The van der Waals surface area contributed by atoms with E-state index in [2.05, 4.69) is 15.0 Å². The molecule has 0 aliphatic rings. The third-order valence-electron chi connectivity index (χ3n) is 1.74. The van der Waals surface area contributed by atoms with Crippen LogP contribution >= 0.6 is 11.6 Å². The fourth-order valence-corrected chi connectivity index (χ4v) is 1.15. The average molecular weight is 222 g/mol. The second-order valence-corrected chi connectivity index (χ2v) is 3.26. The number of aromatic nitrogens is 3. The van der Waals surface area contributed by atoms with Crippen molar-refractivity contribution in [3.8, 4) is 11.6 Å². The molecule has 0 aliphatic carbocycles. The van der Waals surface area contributed by atoms with Crippen molar-refractivity contribution in [2.45, 2.75) is 6.92 Å². The van der Waals surface area contributed by atoms with E-state index in [1.807, 2.05) is 6.92 Å². The summed E-state index contributed by atoms with van der Waals surface area (Å²) in [7, 11) is 0. The van der Waals surface area contributed by atoms with Gasteiger partial charge in [0.25, 0.3) is 0 Å². The molecular formula is C10H8ClN3O. The quantitative estimate of drug-likeness (QED) is 0.732. The predicted octanol–water partition coefficient (Wildman–Crippen LogP) is 2.63. The topological polar surface area (TPSA) is 47.9 Å². The zero-order valence-corrected chi connectivity index (χ0v) is 8.77. The molecule has 4 nitrogen and oxygen atoms in total. The SMILES string of the molecule is Cc1cnc(Cl)nc1Oc1cccnc1. The van der Waals surface area contributed by atoms with Gasteiger partial charge in [-0.3, -0.25) is 4.98 Å². The van der Waals surface area contributed by atoms with Crippen LogP contribution in [0.3, 0.4) is 0 Å². The van der Waals surface area contributed by atoms with E-state index >= 15 is 0 Å². The zero-order chi connectivity index (χ0) is 10.7. The highest BCUT2D eigenvalue weighted by molar-refractivity contribution is 6.28. The minimum atomic E-state index is 0.166. The van der Waals surface area contributed by atoms with E-state index in [0.717, 1.165) is 5.56 Å². The van der Waals surface area contributed by atoms with E-state index in [9.17, 15) is 0 Å². The molecule has 0 amide bonds. The molecule has 0 saturated carbocycles. The molecule has 0 radical (unpaired) electrons. The van der Waals surface area contributed by atoms with Gasteiger partial charge in [-0.1, -0.05) is 0 Å². The summed E-state index contributed by atoms with van der Waals surface area (Å²) in [5.74, 6) is 1.07. The zero-order valence-electron chi connectivity index (χ0n) is 8.01. The predicted molar refractivity (Wildman–Crippen MR) is 56.1 cm³/mol. The van der Waals surface area contributed by atoms with Crippen LogP contribution in [0.25, 0.3) is 0 Å². The Morgan fingerprint density at radius 2 is 2.20 bits per heavy atom. The van der Waals surface area contributed by atoms with E-state index in [1.165, 1.54) is 0 Å². The number of hydrogen-bond donors (Lipinski definition) is 0. The second kappa shape index (κ2) is 4.23.